The van der Waals surface area contributed by atoms with Crippen molar-refractivity contribution in [2.75, 3.05) is 13.7 Å². The number of hydrogen-bond acceptors (Lipinski definition) is 4. The zero-order valence-electron chi connectivity index (χ0n) is 12.5. The molecule has 2 rings (SSSR count). The lowest BCUT2D eigenvalue weighted by Gasteiger charge is -2.24. The molecular formula is C14H19F3N2O3. The summed E-state index contributed by atoms with van der Waals surface area (Å²) in [6.07, 6.45) is -2.15. The van der Waals surface area contributed by atoms with Crippen LogP contribution in [0.2, 0.25) is 0 Å². The van der Waals surface area contributed by atoms with Gasteiger partial charge in [-0.25, -0.2) is 4.98 Å². The molecule has 1 aliphatic rings. The number of carbonyl (C=O) groups excluding carboxylic acids is 1. The van der Waals surface area contributed by atoms with E-state index in [1.807, 2.05) is 6.92 Å². The van der Waals surface area contributed by atoms with Gasteiger partial charge in [-0.05, 0) is 13.3 Å². The third kappa shape index (κ3) is 3.79. The normalized spacial score (nSPS) is 19.6. The van der Waals surface area contributed by atoms with Gasteiger partial charge in [0, 0.05) is 38.4 Å². The smallest absolute Gasteiger partial charge is 0.449 e. The van der Waals surface area contributed by atoms with Crippen LogP contribution in [0.5, 0.6) is 0 Å². The number of nitrogens with zero attached hydrogens (tertiary/aromatic N) is 2. The molecule has 0 unspecified atom stereocenters. The van der Waals surface area contributed by atoms with Crippen LogP contribution in [-0.4, -0.2) is 35.3 Å². The van der Waals surface area contributed by atoms with Crippen molar-refractivity contribution in [3.8, 4) is 0 Å². The van der Waals surface area contributed by atoms with Crippen LogP contribution in [-0.2, 0) is 33.4 Å². The van der Waals surface area contributed by atoms with Gasteiger partial charge in [-0.15, -0.1) is 0 Å². The molecule has 0 spiro atoms. The second-order valence-corrected chi connectivity index (χ2v) is 5.41. The largest absolute Gasteiger partial charge is 0.465 e. The van der Waals surface area contributed by atoms with Crippen LogP contribution in [0.3, 0.4) is 0 Å². The molecule has 0 aliphatic carbocycles. The lowest BCUT2D eigenvalue weighted by atomic mass is 9.96. The number of aromatic nitrogens is 2. The van der Waals surface area contributed by atoms with E-state index in [4.69, 9.17) is 9.47 Å². The second-order valence-electron chi connectivity index (χ2n) is 5.41. The number of rotatable bonds is 5. The van der Waals surface area contributed by atoms with Gasteiger partial charge in [-0.1, -0.05) is 0 Å². The number of hydrogen-bond donors (Lipinski definition) is 0. The predicted octanol–water partition coefficient (Wildman–Crippen LogP) is 2.43. The van der Waals surface area contributed by atoms with E-state index in [-0.39, 0.29) is 31.6 Å². The van der Waals surface area contributed by atoms with E-state index >= 15 is 0 Å². The second kappa shape index (κ2) is 6.68. The average Bonchev–Trinajstić information content (AvgIpc) is 2.89. The topological polar surface area (TPSA) is 53.4 Å². The minimum absolute atomic E-state index is 0.00469. The number of ether oxygens (including phenoxy) is 2. The maximum absolute atomic E-state index is 12.8. The van der Waals surface area contributed by atoms with Gasteiger partial charge in [0.1, 0.15) is 0 Å². The highest BCUT2D eigenvalue weighted by atomic mass is 19.4. The van der Waals surface area contributed by atoms with Crippen LogP contribution < -0.4 is 0 Å². The Morgan fingerprint density at radius 2 is 2.27 bits per heavy atom. The lowest BCUT2D eigenvalue weighted by molar-refractivity contribution is -0.150. The Morgan fingerprint density at radius 1 is 1.55 bits per heavy atom. The molecule has 0 amide bonds. The molecule has 1 aliphatic heterocycles. The summed E-state index contributed by atoms with van der Waals surface area (Å²) in [5, 5.41) is 0. The fraction of sp³-hybridized carbons (Fsp3) is 0.714. The highest BCUT2D eigenvalue weighted by Gasteiger charge is 2.39. The Morgan fingerprint density at radius 3 is 2.91 bits per heavy atom. The Hall–Kier alpha value is -1.57. The van der Waals surface area contributed by atoms with Gasteiger partial charge >= 0.3 is 12.1 Å². The third-order valence-corrected chi connectivity index (χ3v) is 3.85. The number of methoxy groups -OCH3 is 1. The number of esters is 1. The van der Waals surface area contributed by atoms with Crippen molar-refractivity contribution < 1.29 is 27.4 Å². The van der Waals surface area contributed by atoms with Gasteiger partial charge in [0.2, 0.25) is 5.82 Å². The minimum Gasteiger partial charge on any atom is -0.465 e. The number of halogens is 3. The fourth-order valence-electron chi connectivity index (χ4n) is 2.45. The van der Waals surface area contributed by atoms with Crippen molar-refractivity contribution in [1.82, 2.24) is 9.55 Å². The summed E-state index contributed by atoms with van der Waals surface area (Å²) in [7, 11) is 1.58. The Bertz CT molecular complexity index is 528. The van der Waals surface area contributed by atoms with Crippen LogP contribution in [0.4, 0.5) is 13.2 Å². The van der Waals surface area contributed by atoms with Gasteiger partial charge in [0.25, 0.3) is 0 Å². The monoisotopic (exact) mass is 320 g/mol. The standard InChI is InChI=1S/C14H19F3N2O3/c1-9(21-2)4-6-22-12(20)10-3-5-19-11(7-10)8-18-13(19)14(15,16)17/h8-10H,3-7H2,1-2H3/t9-,10-/m1/s1. The molecule has 1 aromatic rings. The number of fused-ring (bicyclic) bond motifs is 1. The van der Waals surface area contributed by atoms with E-state index in [9.17, 15) is 18.0 Å². The van der Waals surface area contributed by atoms with Gasteiger partial charge in [0.15, 0.2) is 0 Å². The highest BCUT2D eigenvalue weighted by Crippen LogP contribution is 2.32. The number of carbonyl (C=O) groups is 1. The van der Waals surface area contributed by atoms with E-state index < -0.39 is 17.9 Å². The van der Waals surface area contributed by atoms with Crippen molar-refractivity contribution in [3.63, 3.8) is 0 Å². The molecule has 0 aromatic carbocycles. The van der Waals surface area contributed by atoms with Crippen molar-refractivity contribution in [1.29, 1.82) is 0 Å². The zero-order chi connectivity index (χ0) is 16.3. The van der Waals surface area contributed by atoms with Crippen molar-refractivity contribution in [3.05, 3.63) is 17.7 Å². The van der Waals surface area contributed by atoms with E-state index in [2.05, 4.69) is 4.98 Å². The molecule has 1 aromatic heterocycles. The van der Waals surface area contributed by atoms with Gasteiger partial charge in [-0.2, -0.15) is 13.2 Å². The molecule has 0 saturated heterocycles. The van der Waals surface area contributed by atoms with Crippen LogP contribution in [0, 0.1) is 5.92 Å². The Labute approximate surface area is 126 Å². The van der Waals surface area contributed by atoms with Crippen LogP contribution in [0.25, 0.3) is 0 Å². The summed E-state index contributed by atoms with van der Waals surface area (Å²) >= 11 is 0. The Balaban J connectivity index is 1.92. The van der Waals surface area contributed by atoms with E-state index in [1.165, 1.54) is 6.20 Å². The van der Waals surface area contributed by atoms with E-state index in [0.29, 0.717) is 18.5 Å². The van der Waals surface area contributed by atoms with Gasteiger partial charge in [-0.3, -0.25) is 4.79 Å². The summed E-state index contributed by atoms with van der Waals surface area (Å²) in [4.78, 5) is 15.4. The summed E-state index contributed by atoms with van der Waals surface area (Å²) in [5.74, 6) is -1.68. The first kappa shape index (κ1) is 16.8. The first-order valence-corrected chi connectivity index (χ1v) is 7.14. The number of imidazole rings is 1. The van der Waals surface area contributed by atoms with E-state index in [1.54, 1.807) is 7.11 Å². The summed E-state index contributed by atoms with van der Waals surface area (Å²) in [6.45, 7) is 2.24. The quantitative estimate of drug-likeness (QED) is 0.782. The maximum Gasteiger partial charge on any atom is 0.449 e. The molecule has 0 fully saturated rings. The molecule has 0 N–H and O–H groups in total. The summed E-state index contributed by atoms with van der Waals surface area (Å²) in [6, 6.07) is 0. The minimum atomic E-state index is -4.47. The molecule has 22 heavy (non-hydrogen) atoms. The van der Waals surface area contributed by atoms with Crippen LogP contribution in [0.1, 0.15) is 31.3 Å². The highest BCUT2D eigenvalue weighted by molar-refractivity contribution is 5.72. The molecule has 5 nitrogen and oxygen atoms in total. The lowest BCUT2D eigenvalue weighted by Crippen LogP contribution is -2.29. The Kier molecular flexibility index (Phi) is 5.10. The van der Waals surface area contributed by atoms with Gasteiger partial charge < -0.3 is 14.0 Å². The third-order valence-electron chi connectivity index (χ3n) is 3.85. The predicted molar refractivity (Wildman–Crippen MR) is 71.1 cm³/mol. The van der Waals surface area contributed by atoms with Crippen molar-refractivity contribution in [2.24, 2.45) is 5.92 Å². The molecule has 124 valence electrons. The van der Waals surface area contributed by atoms with Crippen molar-refractivity contribution >= 4 is 5.97 Å². The molecule has 0 radical (unpaired) electrons. The van der Waals surface area contributed by atoms with Crippen molar-refractivity contribution in [2.45, 2.75) is 45.0 Å². The van der Waals surface area contributed by atoms with Crippen LogP contribution >= 0.6 is 0 Å². The van der Waals surface area contributed by atoms with E-state index in [0.717, 1.165) is 4.57 Å². The molecule has 2 atom stereocenters. The molecule has 2 heterocycles. The van der Waals surface area contributed by atoms with Crippen LogP contribution in [0.15, 0.2) is 6.20 Å². The first-order valence-electron chi connectivity index (χ1n) is 7.14. The summed E-state index contributed by atoms with van der Waals surface area (Å²) in [5.41, 5.74) is 0.422. The van der Waals surface area contributed by atoms with Gasteiger partial charge in [0.05, 0.1) is 18.6 Å². The zero-order valence-corrected chi connectivity index (χ0v) is 12.5. The molecule has 8 heteroatoms. The summed E-state index contributed by atoms with van der Waals surface area (Å²) < 4.78 is 49.6. The molecular weight excluding hydrogens is 301 g/mol. The first-order chi connectivity index (χ1) is 10.3. The average molecular weight is 320 g/mol. The number of alkyl halides is 3. The SMILES string of the molecule is CO[C@H](C)CCOC(=O)[C@@H]1CCn2c(cnc2C(F)(F)F)C1. The molecule has 0 bridgehead atoms. The molecule has 0 saturated carbocycles. The maximum atomic E-state index is 12.8. The fourth-order valence-corrected chi connectivity index (χ4v) is 2.45.